The Bertz CT molecular complexity index is 105. The molecule has 0 aromatic carbocycles. The molecule has 5 heteroatoms. The van der Waals surface area contributed by atoms with Crippen LogP contribution in [0.15, 0.2) is 12.3 Å². The first kappa shape index (κ1) is 5.62. The van der Waals surface area contributed by atoms with Gasteiger partial charge in [-0.15, -0.1) is 0 Å². The summed E-state index contributed by atoms with van der Waals surface area (Å²) in [7, 11) is -1.42. The monoisotopic (exact) mass is 114 g/mol. The van der Waals surface area contributed by atoms with Crippen molar-refractivity contribution in [2.75, 3.05) is 6.54 Å². The molecule has 4 nitrogen and oxygen atoms in total. The molecule has 0 radical (unpaired) electrons. The SMILES string of the molecule is OB(O)N1C=CCN1. The van der Waals surface area contributed by atoms with Gasteiger partial charge in [0.1, 0.15) is 0 Å². The van der Waals surface area contributed by atoms with Crippen LogP contribution in [0.2, 0.25) is 0 Å². The van der Waals surface area contributed by atoms with Gasteiger partial charge in [0.2, 0.25) is 0 Å². The van der Waals surface area contributed by atoms with Crippen LogP contribution in [0.4, 0.5) is 0 Å². The molecule has 0 aromatic rings. The van der Waals surface area contributed by atoms with Crippen LogP contribution >= 0.6 is 0 Å². The van der Waals surface area contributed by atoms with Crippen molar-refractivity contribution < 1.29 is 10.0 Å². The quantitative estimate of drug-likeness (QED) is 0.355. The van der Waals surface area contributed by atoms with Gasteiger partial charge in [-0.25, -0.2) is 5.43 Å². The van der Waals surface area contributed by atoms with E-state index in [0.717, 1.165) is 0 Å². The molecular weight excluding hydrogens is 107 g/mol. The lowest BCUT2D eigenvalue weighted by Gasteiger charge is -2.12. The molecule has 1 aliphatic rings. The number of nitrogens with one attached hydrogen (secondary N) is 1. The van der Waals surface area contributed by atoms with Gasteiger partial charge in [0.25, 0.3) is 0 Å². The number of nitrogens with zero attached hydrogens (tertiary/aromatic N) is 1. The molecule has 3 N–H and O–H groups in total. The predicted octanol–water partition coefficient (Wildman–Crippen LogP) is -1.71. The molecule has 0 unspecified atom stereocenters. The fourth-order valence-corrected chi connectivity index (χ4v) is 0.536. The van der Waals surface area contributed by atoms with Gasteiger partial charge in [-0.2, -0.15) is 0 Å². The smallest absolute Gasteiger partial charge is 0.407 e. The second-order valence-electron chi connectivity index (χ2n) is 1.50. The normalized spacial score (nSPS) is 17.5. The van der Waals surface area contributed by atoms with E-state index in [9.17, 15) is 0 Å². The summed E-state index contributed by atoms with van der Waals surface area (Å²) in [6.45, 7) is 0.664. The molecule has 0 amide bonds. The van der Waals surface area contributed by atoms with Gasteiger partial charge in [-0.05, 0) is 0 Å². The number of hydrogen-bond acceptors (Lipinski definition) is 4. The topological polar surface area (TPSA) is 55.7 Å². The standard InChI is InChI=1S/C3H7BN2O2/c7-4(8)6-3-1-2-5-6/h1,3,5,7-8H,2H2. The Morgan fingerprint density at radius 2 is 2.38 bits per heavy atom. The second kappa shape index (κ2) is 2.17. The van der Waals surface area contributed by atoms with Crippen LogP contribution in [-0.4, -0.2) is 28.8 Å². The van der Waals surface area contributed by atoms with Crippen LogP contribution in [0.1, 0.15) is 0 Å². The van der Waals surface area contributed by atoms with Crippen LogP contribution in [0.25, 0.3) is 0 Å². The Labute approximate surface area is 47.6 Å². The van der Waals surface area contributed by atoms with E-state index in [2.05, 4.69) is 5.43 Å². The molecule has 1 heterocycles. The highest BCUT2D eigenvalue weighted by Gasteiger charge is 2.17. The first-order chi connectivity index (χ1) is 3.80. The highest BCUT2D eigenvalue weighted by Crippen LogP contribution is 1.91. The maximum Gasteiger partial charge on any atom is 0.602 e. The van der Waals surface area contributed by atoms with Gasteiger partial charge in [0.05, 0.1) is 0 Å². The Morgan fingerprint density at radius 1 is 1.62 bits per heavy atom. The van der Waals surface area contributed by atoms with Gasteiger partial charge in [-0.3, -0.25) is 0 Å². The van der Waals surface area contributed by atoms with Crippen molar-refractivity contribution >= 4 is 7.25 Å². The molecule has 0 saturated heterocycles. The maximum absolute atomic E-state index is 8.42. The molecule has 0 fully saturated rings. The summed E-state index contributed by atoms with van der Waals surface area (Å²) in [6, 6.07) is 0. The molecule has 1 aliphatic heterocycles. The minimum absolute atomic E-state index is 0.664. The summed E-state index contributed by atoms with van der Waals surface area (Å²) < 4.78 is 0. The summed E-state index contributed by atoms with van der Waals surface area (Å²) in [6.07, 6.45) is 3.37. The van der Waals surface area contributed by atoms with Crippen LogP contribution < -0.4 is 5.43 Å². The first-order valence-corrected chi connectivity index (χ1v) is 2.35. The molecule has 0 saturated carbocycles. The lowest BCUT2D eigenvalue weighted by molar-refractivity contribution is 0.286. The first-order valence-electron chi connectivity index (χ1n) is 2.35. The zero-order valence-corrected chi connectivity index (χ0v) is 4.28. The fourth-order valence-electron chi connectivity index (χ4n) is 0.536. The van der Waals surface area contributed by atoms with E-state index >= 15 is 0 Å². The van der Waals surface area contributed by atoms with Crippen molar-refractivity contribution in [1.29, 1.82) is 0 Å². The average Bonchev–Trinajstić information content (AvgIpc) is 2.12. The molecule has 0 bridgehead atoms. The van der Waals surface area contributed by atoms with Gasteiger partial charge in [0.15, 0.2) is 0 Å². The van der Waals surface area contributed by atoms with Crippen LogP contribution in [0, 0.1) is 0 Å². The number of hydrazine groups is 1. The van der Waals surface area contributed by atoms with Gasteiger partial charge in [0, 0.05) is 12.7 Å². The van der Waals surface area contributed by atoms with Crippen molar-refractivity contribution in [3.63, 3.8) is 0 Å². The Kier molecular flexibility index (Phi) is 1.52. The van der Waals surface area contributed by atoms with Crippen LogP contribution in [0.5, 0.6) is 0 Å². The third-order valence-electron chi connectivity index (χ3n) is 0.907. The number of hydrogen-bond donors (Lipinski definition) is 3. The summed E-state index contributed by atoms with van der Waals surface area (Å²) in [5, 5.41) is 16.8. The molecular formula is C3H7BN2O2. The van der Waals surface area contributed by atoms with Crippen molar-refractivity contribution in [3.8, 4) is 0 Å². The minimum atomic E-state index is -1.42. The van der Waals surface area contributed by atoms with Gasteiger partial charge in [-0.1, -0.05) is 6.08 Å². The van der Waals surface area contributed by atoms with E-state index in [0.29, 0.717) is 6.54 Å². The summed E-state index contributed by atoms with van der Waals surface area (Å²) >= 11 is 0. The third kappa shape index (κ3) is 1.00. The summed E-state index contributed by atoms with van der Waals surface area (Å²) in [5.41, 5.74) is 2.68. The largest absolute Gasteiger partial charge is 0.602 e. The number of rotatable bonds is 1. The van der Waals surface area contributed by atoms with Crippen molar-refractivity contribution in [2.45, 2.75) is 0 Å². The Hall–Kier alpha value is -0.515. The minimum Gasteiger partial charge on any atom is -0.407 e. The fraction of sp³-hybridized carbons (Fsp3) is 0.333. The van der Waals surface area contributed by atoms with E-state index in [1.165, 1.54) is 4.92 Å². The van der Waals surface area contributed by atoms with Crippen molar-refractivity contribution in [1.82, 2.24) is 10.3 Å². The van der Waals surface area contributed by atoms with Crippen LogP contribution in [-0.2, 0) is 0 Å². The molecule has 0 aromatic heterocycles. The Balaban J connectivity index is 2.36. The van der Waals surface area contributed by atoms with Crippen molar-refractivity contribution in [3.05, 3.63) is 12.3 Å². The molecule has 0 atom stereocenters. The lowest BCUT2D eigenvalue weighted by atomic mass is 10.1. The molecule has 44 valence electrons. The highest BCUT2D eigenvalue weighted by atomic mass is 16.4. The van der Waals surface area contributed by atoms with E-state index in [1.807, 2.05) is 0 Å². The lowest BCUT2D eigenvalue weighted by Crippen LogP contribution is -2.42. The third-order valence-corrected chi connectivity index (χ3v) is 0.907. The van der Waals surface area contributed by atoms with E-state index in [-0.39, 0.29) is 0 Å². The van der Waals surface area contributed by atoms with Gasteiger partial charge < -0.3 is 15.0 Å². The summed E-state index contributed by atoms with van der Waals surface area (Å²) in [4.78, 5) is 1.21. The van der Waals surface area contributed by atoms with E-state index in [1.54, 1.807) is 12.3 Å². The molecule has 8 heavy (non-hydrogen) atoms. The zero-order valence-electron chi connectivity index (χ0n) is 4.28. The highest BCUT2D eigenvalue weighted by molar-refractivity contribution is 6.37. The van der Waals surface area contributed by atoms with E-state index < -0.39 is 7.25 Å². The predicted molar refractivity (Wildman–Crippen MR) is 29.2 cm³/mol. The summed E-state index contributed by atoms with van der Waals surface area (Å²) in [5.74, 6) is 0. The van der Waals surface area contributed by atoms with Crippen molar-refractivity contribution in [2.24, 2.45) is 0 Å². The molecule has 0 aliphatic carbocycles. The second-order valence-corrected chi connectivity index (χ2v) is 1.50. The van der Waals surface area contributed by atoms with Gasteiger partial charge >= 0.3 is 7.25 Å². The van der Waals surface area contributed by atoms with Crippen LogP contribution in [0.3, 0.4) is 0 Å². The Morgan fingerprint density at radius 3 is 2.62 bits per heavy atom. The zero-order chi connectivity index (χ0) is 5.98. The van der Waals surface area contributed by atoms with E-state index in [4.69, 9.17) is 10.0 Å². The molecule has 0 spiro atoms. The molecule has 1 rings (SSSR count). The maximum atomic E-state index is 8.42. The average molecular weight is 114 g/mol.